The van der Waals surface area contributed by atoms with E-state index in [1.807, 2.05) is 0 Å². The van der Waals surface area contributed by atoms with Crippen LogP contribution in [0.2, 0.25) is 0 Å². The van der Waals surface area contributed by atoms with E-state index < -0.39 is 19.9 Å². The lowest BCUT2D eigenvalue weighted by Crippen LogP contribution is -2.17. The van der Waals surface area contributed by atoms with E-state index in [1.165, 1.54) is 24.3 Å². The lowest BCUT2D eigenvalue weighted by atomic mass is 10.3. The first-order valence-electron chi connectivity index (χ1n) is 5.20. The second kappa shape index (κ2) is 5.90. The third-order valence-electron chi connectivity index (χ3n) is 2.21. The van der Waals surface area contributed by atoms with Gasteiger partial charge in [0.1, 0.15) is 0 Å². The molecule has 102 valence electrons. The number of sulfonamides is 1. The van der Waals surface area contributed by atoms with E-state index in [0.29, 0.717) is 5.69 Å². The smallest absolute Gasteiger partial charge is 0.233 e. The average molecular weight is 312 g/mol. The van der Waals surface area contributed by atoms with E-state index in [9.17, 15) is 16.8 Å². The van der Waals surface area contributed by atoms with Crippen LogP contribution in [0.5, 0.6) is 0 Å². The summed E-state index contributed by atoms with van der Waals surface area (Å²) in [6.45, 7) is 1.55. The van der Waals surface area contributed by atoms with E-state index in [0.717, 1.165) is 0 Å². The minimum Gasteiger partial charge on any atom is -0.284 e. The molecule has 0 unspecified atom stereocenters. The van der Waals surface area contributed by atoms with Crippen molar-refractivity contribution in [2.24, 2.45) is 0 Å². The second-order valence-corrected chi connectivity index (χ2v) is 8.04. The monoisotopic (exact) mass is 311 g/mol. The fourth-order valence-electron chi connectivity index (χ4n) is 1.23. The number of nitrogens with one attached hydrogen (secondary N) is 1. The molecule has 0 saturated carbocycles. The topological polar surface area (TPSA) is 80.3 Å². The lowest BCUT2D eigenvalue weighted by Gasteiger charge is -2.07. The van der Waals surface area contributed by atoms with Gasteiger partial charge in [-0.05, 0) is 24.3 Å². The van der Waals surface area contributed by atoms with Gasteiger partial charge in [0.15, 0.2) is 9.84 Å². The zero-order valence-electron chi connectivity index (χ0n) is 9.76. The SMILES string of the molecule is CCS(=O)(=O)c1ccc(NS(=O)(=O)CCCl)cc1. The molecule has 0 aliphatic carbocycles. The predicted molar refractivity (Wildman–Crippen MR) is 72.3 cm³/mol. The first kappa shape index (κ1) is 15.3. The van der Waals surface area contributed by atoms with Crippen molar-refractivity contribution in [2.45, 2.75) is 11.8 Å². The Hall–Kier alpha value is -0.790. The Morgan fingerprint density at radius 1 is 1.11 bits per heavy atom. The highest BCUT2D eigenvalue weighted by Gasteiger charge is 2.13. The van der Waals surface area contributed by atoms with Gasteiger partial charge < -0.3 is 0 Å². The maximum Gasteiger partial charge on any atom is 0.233 e. The highest BCUT2D eigenvalue weighted by Crippen LogP contribution is 2.16. The summed E-state index contributed by atoms with van der Waals surface area (Å²) in [4.78, 5) is 0.172. The molecule has 18 heavy (non-hydrogen) atoms. The molecule has 8 heteroatoms. The van der Waals surface area contributed by atoms with Gasteiger partial charge >= 0.3 is 0 Å². The Kier molecular flexibility index (Phi) is 5.01. The van der Waals surface area contributed by atoms with Crippen molar-refractivity contribution in [2.75, 3.05) is 22.1 Å². The van der Waals surface area contributed by atoms with Crippen LogP contribution >= 0.6 is 11.6 Å². The summed E-state index contributed by atoms with van der Waals surface area (Å²) >= 11 is 5.36. The molecule has 0 amide bonds. The molecule has 0 fully saturated rings. The normalized spacial score (nSPS) is 12.3. The van der Waals surface area contributed by atoms with Crippen LogP contribution in [-0.4, -0.2) is 34.2 Å². The van der Waals surface area contributed by atoms with Crippen LogP contribution in [0.3, 0.4) is 0 Å². The van der Waals surface area contributed by atoms with Gasteiger partial charge in [0.2, 0.25) is 10.0 Å². The largest absolute Gasteiger partial charge is 0.284 e. The van der Waals surface area contributed by atoms with Crippen molar-refractivity contribution >= 4 is 37.1 Å². The van der Waals surface area contributed by atoms with E-state index in [4.69, 9.17) is 11.6 Å². The van der Waals surface area contributed by atoms with Crippen molar-refractivity contribution in [1.82, 2.24) is 0 Å². The molecule has 5 nitrogen and oxygen atoms in total. The minimum absolute atomic E-state index is 0.00235. The molecule has 1 rings (SSSR count). The van der Waals surface area contributed by atoms with E-state index >= 15 is 0 Å². The molecule has 0 saturated heterocycles. The van der Waals surface area contributed by atoms with Gasteiger partial charge in [-0.2, -0.15) is 0 Å². The lowest BCUT2D eigenvalue weighted by molar-refractivity contribution is 0.597. The Morgan fingerprint density at radius 3 is 2.11 bits per heavy atom. The number of hydrogen-bond donors (Lipinski definition) is 1. The van der Waals surface area contributed by atoms with Crippen molar-refractivity contribution in [3.8, 4) is 0 Å². The Morgan fingerprint density at radius 2 is 1.67 bits per heavy atom. The summed E-state index contributed by atoms with van der Waals surface area (Å²) in [5, 5.41) is 0. The number of hydrogen-bond acceptors (Lipinski definition) is 4. The Bertz CT molecular complexity index is 593. The Labute approximate surface area is 112 Å². The van der Waals surface area contributed by atoms with Gasteiger partial charge in [0.05, 0.1) is 16.4 Å². The van der Waals surface area contributed by atoms with Crippen molar-refractivity contribution < 1.29 is 16.8 Å². The molecule has 0 atom stereocenters. The fourth-order valence-corrected chi connectivity index (χ4v) is 3.52. The molecule has 0 heterocycles. The molecule has 0 aromatic heterocycles. The predicted octanol–water partition coefficient (Wildman–Crippen LogP) is 1.46. The van der Waals surface area contributed by atoms with E-state index in [1.54, 1.807) is 6.92 Å². The van der Waals surface area contributed by atoms with Gasteiger partial charge in [0, 0.05) is 11.6 Å². The van der Waals surface area contributed by atoms with E-state index in [-0.39, 0.29) is 22.3 Å². The first-order valence-corrected chi connectivity index (χ1v) is 9.04. The number of sulfone groups is 1. The van der Waals surface area contributed by atoms with Crippen LogP contribution in [0.25, 0.3) is 0 Å². The number of alkyl halides is 1. The van der Waals surface area contributed by atoms with Crippen LogP contribution in [0.15, 0.2) is 29.2 Å². The first-order chi connectivity index (χ1) is 8.30. The van der Waals surface area contributed by atoms with Crippen LogP contribution in [0.1, 0.15) is 6.92 Å². The third kappa shape index (κ3) is 4.15. The molecule has 1 aromatic carbocycles. The van der Waals surface area contributed by atoms with Gasteiger partial charge in [-0.15, -0.1) is 11.6 Å². The highest BCUT2D eigenvalue weighted by molar-refractivity contribution is 7.92. The number of benzene rings is 1. The molecule has 1 aromatic rings. The van der Waals surface area contributed by atoms with E-state index in [2.05, 4.69) is 4.72 Å². The highest BCUT2D eigenvalue weighted by atomic mass is 35.5. The standard InChI is InChI=1S/C10H14ClNO4S2/c1-2-17(13,14)10-5-3-9(4-6-10)12-18(15,16)8-7-11/h3-6,12H,2,7-8H2,1H3. The number of anilines is 1. The molecular formula is C10H14ClNO4S2. The molecule has 0 aliphatic rings. The quantitative estimate of drug-likeness (QED) is 0.807. The van der Waals surface area contributed by atoms with Crippen molar-refractivity contribution in [3.05, 3.63) is 24.3 Å². The van der Waals surface area contributed by atoms with Crippen LogP contribution in [-0.2, 0) is 19.9 Å². The molecule has 0 aliphatic heterocycles. The maximum atomic E-state index is 11.5. The number of rotatable bonds is 6. The fraction of sp³-hybridized carbons (Fsp3) is 0.400. The van der Waals surface area contributed by atoms with Gasteiger partial charge in [0.25, 0.3) is 0 Å². The summed E-state index contributed by atoms with van der Waals surface area (Å²) < 4.78 is 48.2. The Balaban J connectivity index is 2.91. The van der Waals surface area contributed by atoms with Crippen LogP contribution in [0.4, 0.5) is 5.69 Å². The zero-order chi connectivity index (χ0) is 13.8. The number of halogens is 1. The summed E-state index contributed by atoms with van der Waals surface area (Å²) in [6, 6.07) is 5.57. The summed E-state index contributed by atoms with van der Waals surface area (Å²) in [7, 11) is -6.74. The zero-order valence-corrected chi connectivity index (χ0v) is 12.1. The van der Waals surface area contributed by atoms with Crippen molar-refractivity contribution in [1.29, 1.82) is 0 Å². The molecule has 0 bridgehead atoms. The molecular weight excluding hydrogens is 298 g/mol. The summed E-state index contributed by atoms with van der Waals surface area (Å²) in [5.41, 5.74) is 0.315. The van der Waals surface area contributed by atoms with Crippen molar-refractivity contribution in [3.63, 3.8) is 0 Å². The maximum absolute atomic E-state index is 11.5. The summed E-state index contributed by atoms with van der Waals surface area (Å²) in [5.74, 6) is -0.189. The van der Waals surface area contributed by atoms with Crippen LogP contribution in [0, 0.1) is 0 Å². The van der Waals surface area contributed by atoms with Gasteiger partial charge in [-0.1, -0.05) is 6.92 Å². The molecule has 0 spiro atoms. The molecule has 0 radical (unpaired) electrons. The third-order valence-corrected chi connectivity index (χ3v) is 5.66. The summed E-state index contributed by atoms with van der Waals surface area (Å²) in [6.07, 6.45) is 0. The average Bonchev–Trinajstić information content (AvgIpc) is 2.29. The minimum atomic E-state index is -3.47. The van der Waals surface area contributed by atoms with Crippen LogP contribution < -0.4 is 4.72 Å². The van der Waals surface area contributed by atoms with Gasteiger partial charge in [-0.3, -0.25) is 4.72 Å². The molecule has 1 N–H and O–H groups in total. The second-order valence-electron chi connectivity index (χ2n) is 3.54. The van der Waals surface area contributed by atoms with Gasteiger partial charge in [-0.25, -0.2) is 16.8 Å².